The first-order valence-corrected chi connectivity index (χ1v) is 7.57. The number of nitrogens with zero attached hydrogens (tertiary/aromatic N) is 1. The van der Waals surface area contributed by atoms with Crippen LogP contribution in [0.1, 0.15) is 21.6 Å². The molecule has 3 rings (SSSR count). The Hall–Kier alpha value is -1.53. The summed E-state index contributed by atoms with van der Waals surface area (Å²) in [5.41, 5.74) is 6.74. The van der Waals surface area contributed by atoms with E-state index in [1.165, 1.54) is 22.6 Å². The summed E-state index contributed by atoms with van der Waals surface area (Å²) < 4.78 is 39.3. The molecule has 2 heterocycles. The Labute approximate surface area is 125 Å². The van der Waals surface area contributed by atoms with Crippen LogP contribution in [0.5, 0.6) is 0 Å². The maximum Gasteiger partial charge on any atom is 0.416 e. The van der Waals surface area contributed by atoms with Gasteiger partial charge < -0.3 is 10.6 Å². The highest BCUT2D eigenvalue weighted by molar-refractivity contribution is 7.10. The Morgan fingerprint density at radius 3 is 2.76 bits per heavy atom. The van der Waals surface area contributed by atoms with Crippen molar-refractivity contribution in [1.82, 2.24) is 0 Å². The largest absolute Gasteiger partial charge is 0.416 e. The van der Waals surface area contributed by atoms with Gasteiger partial charge in [-0.1, -0.05) is 6.07 Å². The fraction of sp³-hybridized carbons (Fsp3) is 0.333. The zero-order valence-electron chi connectivity index (χ0n) is 11.3. The van der Waals surface area contributed by atoms with E-state index in [-0.39, 0.29) is 12.1 Å². The average Bonchev–Trinajstić information content (AvgIpc) is 2.93. The van der Waals surface area contributed by atoms with Gasteiger partial charge in [-0.15, -0.1) is 11.3 Å². The number of benzene rings is 1. The van der Waals surface area contributed by atoms with Crippen LogP contribution in [-0.4, -0.2) is 6.54 Å². The van der Waals surface area contributed by atoms with Gasteiger partial charge in [-0.25, -0.2) is 0 Å². The molecule has 0 radical (unpaired) electrons. The van der Waals surface area contributed by atoms with Gasteiger partial charge in [-0.2, -0.15) is 13.2 Å². The Morgan fingerprint density at radius 1 is 1.24 bits per heavy atom. The quantitative estimate of drug-likeness (QED) is 0.914. The van der Waals surface area contributed by atoms with Gasteiger partial charge in [0.25, 0.3) is 0 Å². The molecule has 112 valence electrons. The SMILES string of the molecule is NCc1ccc(N2CCc3sccc3C2)cc1C(F)(F)F. The van der Waals surface area contributed by atoms with Crippen LogP contribution in [0.3, 0.4) is 0 Å². The molecule has 0 unspecified atom stereocenters. The lowest BCUT2D eigenvalue weighted by atomic mass is 10.0. The van der Waals surface area contributed by atoms with Crippen molar-refractivity contribution >= 4 is 17.0 Å². The Bertz CT molecular complexity index is 649. The topological polar surface area (TPSA) is 29.3 Å². The molecule has 0 atom stereocenters. The van der Waals surface area contributed by atoms with Crippen molar-refractivity contribution < 1.29 is 13.2 Å². The van der Waals surface area contributed by atoms with Gasteiger partial charge in [0.2, 0.25) is 0 Å². The van der Waals surface area contributed by atoms with E-state index in [0.29, 0.717) is 12.2 Å². The van der Waals surface area contributed by atoms with Gasteiger partial charge >= 0.3 is 6.18 Å². The summed E-state index contributed by atoms with van der Waals surface area (Å²) in [5, 5.41) is 2.03. The number of anilines is 1. The van der Waals surface area contributed by atoms with E-state index in [2.05, 4.69) is 0 Å². The minimum atomic E-state index is -4.37. The van der Waals surface area contributed by atoms with Crippen molar-refractivity contribution in [2.24, 2.45) is 5.73 Å². The molecule has 1 aliphatic rings. The molecule has 2 aromatic rings. The first-order chi connectivity index (χ1) is 9.99. The number of hydrogen-bond donors (Lipinski definition) is 1. The first kappa shape index (κ1) is 14.4. The van der Waals surface area contributed by atoms with Crippen molar-refractivity contribution in [2.45, 2.75) is 25.7 Å². The molecule has 2 N–H and O–H groups in total. The second kappa shape index (κ2) is 5.35. The number of nitrogens with two attached hydrogens (primary N) is 1. The molecule has 0 saturated carbocycles. The Kier molecular flexibility index (Phi) is 3.67. The molecule has 1 aliphatic heterocycles. The van der Waals surface area contributed by atoms with Crippen molar-refractivity contribution in [2.75, 3.05) is 11.4 Å². The zero-order chi connectivity index (χ0) is 15.0. The minimum Gasteiger partial charge on any atom is -0.367 e. The Morgan fingerprint density at radius 2 is 2.05 bits per heavy atom. The van der Waals surface area contributed by atoms with E-state index in [1.807, 2.05) is 16.3 Å². The van der Waals surface area contributed by atoms with Crippen molar-refractivity contribution in [3.05, 3.63) is 51.2 Å². The van der Waals surface area contributed by atoms with Crippen molar-refractivity contribution in [3.8, 4) is 0 Å². The van der Waals surface area contributed by atoms with Gasteiger partial charge in [0.05, 0.1) is 5.56 Å². The highest BCUT2D eigenvalue weighted by Crippen LogP contribution is 2.36. The summed E-state index contributed by atoms with van der Waals surface area (Å²) in [6.45, 7) is 1.30. The lowest BCUT2D eigenvalue weighted by Crippen LogP contribution is -2.29. The average molecular weight is 312 g/mol. The van der Waals surface area contributed by atoms with Crippen LogP contribution in [-0.2, 0) is 25.7 Å². The summed E-state index contributed by atoms with van der Waals surface area (Å²) in [6, 6.07) is 6.49. The molecular weight excluding hydrogens is 297 g/mol. The predicted octanol–water partition coefficient (Wildman–Crippen LogP) is 3.79. The summed E-state index contributed by atoms with van der Waals surface area (Å²) in [4.78, 5) is 3.32. The van der Waals surface area contributed by atoms with E-state index in [9.17, 15) is 13.2 Å². The van der Waals surface area contributed by atoms with Gasteiger partial charge in [-0.05, 0) is 41.1 Å². The molecule has 6 heteroatoms. The normalized spacial score (nSPS) is 15.1. The van der Waals surface area contributed by atoms with Crippen LogP contribution in [0.4, 0.5) is 18.9 Å². The fourth-order valence-electron chi connectivity index (χ4n) is 2.67. The third kappa shape index (κ3) is 2.78. The van der Waals surface area contributed by atoms with Crippen LogP contribution in [0.25, 0.3) is 0 Å². The number of rotatable bonds is 2. The van der Waals surface area contributed by atoms with Gasteiger partial charge in [-0.3, -0.25) is 0 Å². The molecule has 21 heavy (non-hydrogen) atoms. The minimum absolute atomic E-state index is 0.107. The van der Waals surface area contributed by atoms with E-state index >= 15 is 0 Å². The standard InChI is InChI=1S/C15H15F3N2S/c16-15(17,18)13-7-12(2-1-10(13)8-19)20-5-3-14-11(9-20)4-6-21-14/h1-2,4,6-7H,3,5,8-9,19H2. The third-order valence-electron chi connectivity index (χ3n) is 3.79. The number of thiophene rings is 1. The molecule has 0 amide bonds. The van der Waals surface area contributed by atoms with Gasteiger partial charge in [0.1, 0.15) is 0 Å². The molecule has 1 aromatic carbocycles. The maximum absolute atomic E-state index is 13.1. The molecule has 2 nitrogen and oxygen atoms in total. The number of hydrogen-bond acceptors (Lipinski definition) is 3. The van der Waals surface area contributed by atoms with Gasteiger partial charge in [0.15, 0.2) is 0 Å². The highest BCUT2D eigenvalue weighted by atomic mass is 32.1. The maximum atomic E-state index is 13.1. The Balaban J connectivity index is 1.93. The second-order valence-corrected chi connectivity index (χ2v) is 6.08. The highest BCUT2D eigenvalue weighted by Gasteiger charge is 2.33. The molecule has 0 saturated heterocycles. The monoisotopic (exact) mass is 312 g/mol. The van der Waals surface area contributed by atoms with Crippen LogP contribution < -0.4 is 10.6 Å². The van der Waals surface area contributed by atoms with Crippen molar-refractivity contribution in [3.63, 3.8) is 0 Å². The number of alkyl halides is 3. The summed E-state index contributed by atoms with van der Waals surface area (Å²) >= 11 is 1.71. The second-order valence-electron chi connectivity index (χ2n) is 5.08. The van der Waals surface area contributed by atoms with E-state index in [4.69, 9.17) is 5.73 Å². The zero-order valence-corrected chi connectivity index (χ0v) is 12.1. The lowest BCUT2D eigenvalue weighted by molar-refractivity contribution is -0.138. The molecule has 0 spiro atoms. The molecule has 1 aromatic heterocycles. The van der Waals surface area contributed by atoms with Crippen molar-refractivity contribution in [1.29, 1.82) is 0 Å². The molecular formula is C15H15F3N2S. The number of fused-ring (bicyclic) bond motifs is 1. The smallest absolute Gasteiger partial charge is 0.367 e. The third-order valence-corrected chi connectivity index (χ3v) is 4.81. The summed E-state index contributed by atoms with van der Waals surface area (Å²) in [6.07, 6.45) is -3.49. The molecule has 0 fully saturated rings. The molecule has 0 bridgehead atoms. The number of halogens is 3. The summed E-state index contributed by atoms with van der Waals surface area (Å²) in [5.74, 6) is 0. The van der Waals surface area contributed by atoms with E-state index < -0.39 is 11.7 Å². The predicted molar refractivity (Wildman–Crippen MR) is 78.4 cm³/mol. The lowest BCUT2D eigenvalue weighted by Gasteiger charge is -2.30. The molecule has 0 aliphatic carbocycles. The van der Waals surface area contributed by atoms with Crippen LogP contribution >= 0.6 is 11.3 Å². The summed E-state index contributed by atoms with van der Waals surface area (Å²) in [7, 11) is 0. The fourth-order valence-corrected chi connectivity index (χ4v) is 3.56. The first-order valence-electron chi connectivity index (χ1n) is 6.69. The van der Waals surface area contributed by atoms with E-state index in [1.54, 1.807) is 17.4 Å². The van der Waals surface area contributed by atoms with Gasteiger partial charge in [0, 0.05) is 30.2 Å². The van der Waals surface area contributed by atoms with Crippen LogP contribution in [0, 0.1) is 0 Å². The van der Waals surface area contributed by atoms with E-state index in [0.717, 1.165) is 13.0 Å². The van der Waals surface area contributed by atoms with Crippen LogP contribution in [0.2, 0.25) is 0 Å². The van der Waals surface area contributed by atoms with Crippen LogP contribution in [0.15, 0.2) is 29.6 Å².